The van der Waals surface area contributed by atoms with Crippen molar-refractivity contribution in [2.45, 2.75) is 19.3 Å². The Kier molecular flexibility index (Phi) is 3.24. The Labute approximate surface area is 147 Å². The molecule has 0 spiro atoms. The average molecular weight is 325 g/mol. The van der Waals surface area contributed by atoms with Crippen molar-refractivity contribution in [2.24, 2.45) is 0 Å². The molecule has 0 atom stereocenters. The minimum atomic E-state index is 0.882. The number of aromatic nitrogens is 1. The molecular formula is C23H19NO. The first-order chi connectivity index (χ1) is 12.3. The van der Waals surface area contributed by atoms with Crippen LogP contribution in [0.2, 0.25) is 0 Å². The number of rotatable bonds is 2. The van der Waals surface area contributed by atoms with Crippen molar-refractivity contribution in [3.8, 4) is 17.0 Å². The van der Waals surface area contributed by atoms with E-state index in [2.05, 4.69) is 48.5 Å². The van der Waals surface area contributed by atoms with Crippen LogP contribution in [0.5, 0.6) is 5.75 Å². The topological polar surface area (TPSA) is 22.1 Å². The van der Waals surface area contributed by atoms with E-state index in [1.54, 1.807) is 7.11 Å². The summed E-state index contributed by atoms with van der Waals surface area (Å²) >= 11 is 0. The molecule has 0 N–H and O–H groups in total. The van der Waals surface area contributed by atoms with E-state index in [-0.39, 0.29) is 0 Å². The number of aryl methyl sites for hydroxylation is 1. The summed E-state index contributed by atoms with van der Waals surface area (Å²) in [7, 11) is 1.70. The van der Waals surface area contributed by atoms with Crippen LogP contribution >= 0.6 is 0 Å². The molecule has 0 aliphatic heterocycles. The minimum absolute atomic E-state index is 0.882. The zero-order valence-electron chi connectivity index (χ0n) is 14.3. The highest BCUT2D eigenvalue weighted by Crippen LogP contribution is 2.39. The third-order valence-electron chi connectivity index (χ3n) is 5.31. The standard InChI is InChI=1S/C23H19NO/c1-25-17-12-9-16(10-13-17)23-20-8-4-7-19(20)22-18-6-3-2-5-15(18)11-14-21(22)24-23/h2-3,5-6,9-14H,4,7-8H2,1H3. The molecule has 0 radical (unpaired) electrons. The van der Waals surface area contributed by atoms with E-state index in [0.717, 1.165) is 29.8 Å². The largest absolute Gasteiger partial charge is 0.497 e. The van der Waals surface area contributed by atoms with Gasteiger partial charge in [-0.2, -0.15) is 0 Å². The molecule has 4 aromatic rings. The quantitative estimate of drug-likeness (QED) is 0.451. The lowest BCUT2D eigenvalue weighted by molar-refractivity contribution is 0.415. The minimum Gasteiger partial charge on any atom is -0.497 e. The second kappa shape index (κ2) is 5.59. The SMILES string of the molecule is COc1ccc(-c2nc3ccc4ccccc4c3c3c2CCC3)cc1. The summed E-state index contributed by atoms with van der Waals surface area (Å²) in [6.07, 6.45) is 3.47. The van der Waals surface area contributed by atoms with Gasteiger partial charge in [-0.25, -0.2) is 4.98 Å². The highest BCUT2D eigenvalue weighted by Gasteiger charge is 2.21. The summed E-state index contributed by atoms with van der Waals surface area (Å²) < 4.78 is 5.30. The first kappa shape index (κ1) is 14.5. The molecule has 25 heavy (non-hydrogen) atoms. The summed E-state index contributed by atoms with van der Waals surface area (Å²) in [6.45, 7) is 0. The van der Waals surface area contributed by atoms with Crippen molar-refractivity contribution in [2.75, 3.05) is 7.11 Å². The van der Waals surface area contributed by atoms with Crippen molar-refractivity contribution >= 4 is 21.7 Å². The number of nitrogens with zero attached hydrogens (tertiary/aromatic N) is 1. The van der Waals surface area contributed by atoms with Crippen LogP contribution in [0, 0.1) is 0 Å². The van der Waals surface area contributed by atoms with Gasteiger partial charge in [-0.05, 0) is 71.5 Å². The highest BCUT2D eigenvalue weighted by atomic mass is 16.5. The van der Waals surface area contributed by atoms with Gasteiger partial charge in [0.05, 0.1) is 18.3 Å². The average Bonchev–Trinajstić information content (AvgIpc) is 3.17. The lowest BCUT2D eigenvalue weighted by atomic mass is 9.95. The maximum absolute atomic E-state index is 5.30. The Bertz CT molecular complexity index is 1100. The van der Waals surface area contributed by atoms with Crippen LogP contribution in [0.25, 0.3) is 32.9 Å². The van der Waals surface area contributed by atoms with E-state index in [9.17, 15) is 0 Å². The number of fused-ring (bicyclic) bond motifs is 5. The summed E-state index contributed by atoms with van der Waals surface area (Å²) in [5, 5.41) is 3.97. The summed E-state index contributed by atoms with van der Waals surface area (Å²) in [5.74, 6) is 0.882. The maximum Gasteiger partial charge on any atom is 0.118 e. The predicted molar refractivity (Wildman–Crippen MR) is 103 cm³/mol. The van der Waals surface area contributed by atoms with Gasteiger partial charge in [0.1, 0.15) is 5.75 Å². The van der Waals surface area contributed by atoms with Crippen LogP contribution in [-0.2, 0) is 12.8 Å². The highest BCUT2D eigenvalue weighted by molar-refractivity contribution is 6.09. The van der Waals surface area contributed by atoms with Gasteiger partial charge in [0.25, 0.3) is 0 Å². The third kappa shape index (κ3) is 2.21. The lowest BCUT2D eigenvalue weighted by Gasteiger charge is -2.14. The monoisotopic (exact) mass is 325 g/mol. The van der Waals surface area contributed by atoms with Crippen LogP contribution in [0.4, 0.5) is 0 Å². The van der Waals surface area contributed by atoms with Crippen molar-refractivity contribution < 1.29 is 4.74 Å². The van der Waals surface area contributed by atoms with Crippen molar-refractivity contribution in [1.82, 2.24) is 4.98 Å². The number of hydrogen-bond acceptors (Lipinski definition) is 2. The number of methoxy groups -OCH3 is 1. The van der Waals surface area contributed by atoms with Crippen LogP contribution < -0.4 is 4.74 Å². The molecule has 0 unspecified atom stereocenters. The second-order valence-corrected chi connectivity index (χ2v) is 6.68. The molecule has 3 aromatic carbocycles. The van der Waals surface area contributed by atoms with Crippen LogP contribution in [0.15, 0.2) is 60.7 Å². The molecule has 1 aliphatic rings. The van der Waals surface area contributed by atoms with Crippen molar-refractivity contribution in [3.63, 3.8) is 0 Å². The van der Waals surface area contributed by atoms with Gasteiger partial charge in [0, 0.05) is 10.9 Å². The Hall–Kier alpha value is -2.87. The first-order valence-electron chi connectivity index (χ1n) is 8.83. The molecule has 122 valence electrons. The Morgan fingerprint density at radius 1 is 0.840 bits per heavy atom. The van der Waals surface area contributed by atoms with Gasteiger partial charge in [-0.3, -0.25) is 0 Å². The van der Waals surface area contributed by atoms with Gasteiger partial charge in [-0.1, -0.05) is 30.3 Å². The number of hydrogen-bond donors (Lipinski definition) is 0. The zero-order chi connectivity index (χ0) is 16.8. The Morgan fingerprint density at radius 3 is 2.48 bits per heavy atom. The Morgan fingerprint density at radius 2 is 1.64 bits per heavy atom. The number of ether oxygens (including phenoxy) is 1. The smallest absolute Gasteiger partial charge is 0.118 e. The normalized spacial score (nSPS) is 13.3. The summed E-state index contributed by atoms with van der Waals surface area (Å²) in [4.78, 5) is 5.08. The van der Waals surface area contributed by atoms with E-state index in [4.69, 9.17) is 9.72 Å². The van der Waals surface area contributed by atoms with Crippen LogP contribution in [0.3, 0.4) is 0 Å². The van der Waals surface area contributed by atoms with Gasteiger partial charge in [0.2, 0.25) is 0 Å². The van der Waals surface area contributed by atoms with E-state index in [1.807, 2.05) is 12.1 Å². The van der Waals surface area contributed by atoms with Crippen LogP contribution in [0.1, 0.15) is 17.5 Å². The number of benzene rings is 3. The maximum atomic E-state index is 5.30. The van der Waals surface area contributed by atoms with Gasteiger partial charge in [-0.15, -0.1) is 0 Å². The molecule has 0 fully saturated rings. The molecule has 0 saturated carbocycles. The fourth-order valence-electron chi connectivity index (χ4n) is 4.13. The molecule has 0 amide bonds. The third-order valence-corrected chi connectivity index (χ3v) is 5.31. The van der Waals surface area contributed by atoms with Gasteiger partial charge >= 0.3 is 0 Å². The first-order valence-corrected chi connectivity index (χ1v) is 8.83. The van der Waals surface area contributed by atoms with E-state index in [1.165, 1.54) is 39.3 Å². The zero-order valence-corrected chi connectivity index (χ0v) is 14.3. The van der Waals surface area contributed by atoms with E-state index >= 15 is 0 Å². The summed E-state index contributed by atoms with van der Waals surface area (Å²) in [6, 6.07) is 21.3. The fourth-order valence-corrected chi connectivity index (χ4v) is 4.13. The second-order valence-electron chi connectivity index (χ2n) is 6.68. The molecule has 0 bridgehead atoms. The fraction of sp³-hybridized carbons (Fsp3) is 0.174. The molecule has 1 aliphatic carbocycles. The molecule has 5 rings (SSSR count). The summed E-state index contributed by atoms with van der Waals surface area (Å²) in [5.41, 5.74) is 6.33. The molecule has 1 aromatic heterocycles. The van der Waals surface area contributed by atoms with Crippen molar-refractivity contribution in [3.05, 3.63) is 71.8 Å². The Balaban J connectivity index is 1.82. The molecule has 0 saturated heterocycles. The molecular weight excluding hydrogens is 306 g/mol. The van der Waals surface area contributed by atoms with Crippen LogP contribution in [-0.4, -0.2) is 12.1 Å². The van der Waals surface area contributed by atoms with Gasteiger partial charge in [0.15, 0.2) is 0 Å². The molecule has 2 heteroatoms. The number of pyridine rings is 1. The lowest BCUT2D eigenvalue weighted by Crippen LogP contribution is -1.96. The van der Waals surface area contributed by atoms with Gasteiger partial charge < -0.3 is 4.74 Å². The molecule has 1 heterocycles. The predicted octanol–water partition coefficient (Wildman–Crippen LogP) is 5.55. The van der Waals surface area contributed by atoms with Crippen molar-refractivity contribution in [1.29, 1.82) is 0 Å². The van der Waals surface area contributed by atoms with E-state index in [0.29, 0.717) is 0 Å². The van der Waals surface area contributed by atoms with E-state index < -0.39 is 0 Å². The molecule has 2 nitrogen and oxygen atoms in total.